The lowest BCUT2D eigenvalue weighted by atomic mass is 10.2. The molecule has 2 aromatic rings. The van der Waals surface area contributed by atoms with E-state index in [1.54, 1.807) is 30.6 Å². The number of hydrogen-bond donors (Lipinski definition) is 0. The topological polar surface area (TPSA) is 80.2 Å². The van der Waals surface area contributed by atoms with Crippen LogP contribution < -0.4 is 4.90 Å². The number of rotatable bonds is 2. The Balaban J connectivity index is 1.97. The van der Waals surface area contributed by atoms with Crippen LogP contribution in [0, 0.1) is 0 Å². The molecule has 0 saturated carbocycles. The summed E-state index contributed by atoms with van der Waals surface area (Å²) >= 11 is 0. The number of halogens is 1. The number of aromatic nitrogens is 2. The smallest absolute Gasteiger partial charge is 0.237 e. The normalized spacial score (nSPS) is 19.8. The van der Waals surface area contributed by atoms with Crippen molar-refractivity contribution in [2.24, 2.45) is 0 Å². The minimum absolute atomic E-state index is 0.0659. The van der Waals surface area contributed by atoms with Crippen LogP contribution in [-0.2, 0) is 13.8 Å². The molecule has 1 aromatic heterocycles. The van der Waals surface area contributed by atoms with Crippen molar-refractivity contribution in [3.8, 4) is 0 Å². The van der Waals surface area contributed by atoms with Gasteiger partial charge in [-0.25, -0.2) is 8.42 Å². The summed E-state index contributed by atoms with van der Waals surface area (Å²) in [7, 11) is 1.59. The molecule has 0 N–H and O–H groups in total. The molecule has 1 atom stereocenters. The van der Waals surface area contributed by atoms with Gasteiger partial charge in [-0.05, 0) is 18.2 Å². The van der Waals surface area contributed by atoms with Crippen molar-refractivity contribution in [2.75, 3.05) is 11.4 Å². The van der Waals surface area contributed by atoms with Crippen LogP contribution >= 0.6 is 10.7 Å². The van der Waals surface area contributed by atoms with Gasteiger partial charge in [0.1, 0.15) is 5.25 Å². The van der Waals surface area contributed by atoms with E-state index in [1.807, 2.05) is 0 Å². The first-order valence-electron chi connectivity index (χ1n) is 5.90. The SMILES string of the molecule is O=C1CC(S(=O)(=O)Cl)CN1c1ccc2nccnc2c1. The van der Waals surface area contributed by atoms with E-state index in [1.165, 1.54) is 4.90 Å². The maximum Gasteiger partial charge on any atom is 0.237 e. The van der Waals surface area contributed by atoms with Crippen molar-refractivity contribution < 1.29 is 13.2 Å². The third-order valence-corrected chi connectivity index (χ3v) is 5.12. The van der Waals surface area contributed by atoms with E-state index in [0.29, 0.717) is 16.7 Å². The second-order valence-corrected chi connectivity index (χ2v) is 7.44. The third-order valence-electron chi connectivity index (χ3n) is 3.25. The van der Waals surface area contributed by atoms with Gasteiger partial charge in [-0.3, -0.25) is 14.8 Å². The van der Waals surface area contributed by atoms with Gasteiger partial charge in [0.25, 0.3) is 0 Å². The maximum absolute atomic E-state index is 11.9. The van der Waals surface area contributed by atoms with Crippen molar-refractivity contribution >= 4 is 42.4 Å². The maximum atomic E-state index is 11.9. The summed E-state index contributed by atoms with van der Waals surface area (Å²) in [5, 5.41) is -0.866. The second kappa shape index (κ2) is 4.68. The molecule has 0 radical (unpaired) electrons. The van der Waals surface area contributed by atoms with Crippen LogP contribution in [0.1, 0.15) is 6.42 Å². The first-order chi connectivity index (χ1) is 9.45. The Kier molecular flexibility index (Phi) is 3.10. The molecule has 1 amide bonds. The minimum Gasteiger partial charge on any atom is -0.311 e. The number of benzene rings is 1. The lowest BCUT2D eigenvalue weighted by Gasteiger charge is -2.16. The largest absolute Gasteiger partial charge is 0.311 e. The number of hydrogen-bond acceptors (Lipinski definition) is 5. The van der Waals surface area contributed by atoms with Gasteiger partial charge in [-0.2, -0.15) is 0 Å². The van der Waals surface area contributed by atoms with E-state index in [9.17, 15) is 13.2 Å². The molecule has 1 fully saturated rings. The summed E-state index contributed by atoms with van der Waals surface area (Å²) in [6.07, 6.45) is 3.05. The van der Waals surface area contributed by atoms with Gasteiger partial charge in [0.2, 0.25) is 15.0 Å². The number of nitrogens with zero attached hydrogens (tertiary/aromatic N) is 3. The quantitative estimate of drug-likeness (QED) is 0.781. The molecule has 0 aliphatic carbocycles. The van der Waals surface area contributed by atoms with Crippen molar-refractivity contribution in [3.63, 3.8) is 0 Å². The van der Waals surface area contributed by atoms with Gasteiger partial charge in [0.05, 0.1) is 11.0 Å². The van der Waals surface area contributed by atoms with Gasteiger partial charge in [-0.15, -0.1) is 0 Å². The molecule has 1 unspecified atom stereocenters. The van der Waals surface area contributed by atoms with Gasteiger partial charge in [0, 0.05) is 41.7 Å². The van der Waals surface area contributed by atoms with Crippen LogP contribution in [0.4, 0.5) is 5.69 Å². The lowest BCUT2D eigenvalue weighted by molar-refractivity contribution is -0.117. The average Bonchev–Trinajstić information content (AvgIpc) is 2.80. The Hall–Kier alpha value is -1.73. The Morgan fingerprint density at radius 1 is 1.20 bits per heavy atom. The molecule has 3 rings (SSSR count). The molecule has 1 saturated heterocycles. The predicted molar refractivity (Wildman–Crippen MR) is 75.1 cm³/mol. The molecule has 2 heterocycles. The summed E-state index contributed by atoms with van der Waals surface area (Å²) in [5.41, 5.74) is 1.96. The fourth-order valence-corrected chi connectivity index (χ4v) is 3.26. The molecular weight excluding hydrogens is 302 g/mol. The van der Waals surface area contributed by atoms with Crippen molar-refractivity contribution in [1.29, 1.82) is 0 Å². The van der Waals surface area contributed by atoms with E-state index in [4.69, 9.17) is 10.7 Å². The predicted octanol–water partition coefficient (Wildman–Crippen LogP) is 1.30. The molecule has 104 valence electrons. The molecule has 6 nitrogen and oxygen atoms in total. The zero-order chi connectivity index (χ0) is 14.3. The zero-order valence-corrected chi connectivity index (χ0v) is 11.8. The molecule has 0 spiro atoms. The third kappa shape index (κ3) is 2.34. The van der Waals surface area contributed by atoms with Crippen LogP contribution in [0.15, 0.2) is 30.6 Å². The highest BCUT2D eigenvalue weighted by Crippen LogP contribution is 2.28. The summed E-state index contributed by atoms with van der Waals surface area (Å²) in [4.78, 5) is 21.7. The van der Waals surface area contributed by atoms with E-state index in [0.717, 1.165) is 0 Å². The van der Waals surface area contributed by atoms with E-state index in [-0.39, 0.29) is 18.9 Å². The van der Waals surface area contributed by atoms with Crippen LogP contribution in [-0.4, -0.2) is 36.1 Å². The van der Waals surface area contributed by atoms with E-state index < -0.39 is 14.3 Å². The molecule has 0 bridgehead atoms. The number of amides is 1. The highest BCUT2D eigenvalue weighted by molar-refractivity contribution is 8.14. The summed E-state index contributed by atoms with van der Waals surface area (Å²) in [5.74, 6) is -0.262. The van der Waals surface area contributed by atoms with Crippen LogP contribution in [0.5, 0.6) is 0 Å². The highest BCUT2D eigenvalue weighted by atomic mass is 35.7. The van der Waals surface area contributed by atoms with Crippen LogP contribution in [0.3, 0.4) is 0 Å². The fraction of sp³-hybridized carbons (Fsp3) is 0.250. The Bertz CT molecular complexity index is 793. The monoisotopic (exact) mass is 311 g/mol. The summed E-state index contributed by atoms with van der Waals surface area (Å²) in [6.45, 7) is 0.0659. The number of carbonyl (C=O) groups is 1. The van der Waals surface area contributed by atoms with Crippen LogP contribution in [0.25, 0.3) is 11.0 Å². The second-order valence-electron chi connectivity index (χ2n) is 4.54. The molecule has 20 heavy (non-hydrogen) atoms. The van der Waals surface area contributed by atoms with Crippen molar-refractivity contribution in [2.45, 2.75) is 11.7 Å². The first-order valence-corrected chi connectivity index (χ1v) is 8.27. The van der Waals surface area contributed by atoms with Gasteiger partial charge < -0.3 is 4.90 Å². The van der Waals surface area contributed by atoms with E-state index >= 15 is 0 Å². The van der Waals surface area contributed by atoms with Crippen molar-refractivity contribution in [3.05, 3.63) is 30.6 Å². The van der Waals surface area contributed by atoms with Crippen LogP contribution in [0.2, 0.25) is 0 Å². The number of fused-ring (bicyclic) bond motifs is 1. The Morgan fingerprint density at radius 3 is 2.55 bits per heavy atom. The molecular formula is C12H10ClN3O3S. The summed E-state index contributed by atoms with van der Waals surface area (Å²) < 4.78 is 22.7. The van der Waals surface area contributed by atoms with Gasteiger partial charge >= 0.3 is 0 Å². The number of carbonyl (C=O) groups excluding carboxylic acids is 1. The summed E-state index contributed by atoms with van der Waals surface area (Å²) in [6, 6.07) is 5.18. The average molecular weight is 312 g/mol. The van der Waals surface area contributed by atoms with Gasteiger partial charge in [-0.1, -0.05) is 0 Å². The first kappa shape index (κ1) is 13.3. The van der Waals surface area contributed by atoms with Gasteiger partial charge in [0.15, 0.2) is 0 Å². The standard InChI is InChI=1S/C12H10ClN3O3S/c13-20(18,19)9-6-12(17)16(7-9)8-1-2-10-11(5-8)15-4-3-14-10/h1-5,9H,6-7H2. The lowest BCUT2D eigenvalue weighted by Crippen LogP contribution is -2.26. The molecule has 1 aliphatic heterocycles. The highest BCUT2D eigenvalue weighted by Gasteiger charge is 2.38. The fourth-order valence-electron chi connectivity index (χ4n) is 2.23. The minimum atomic E-state index is -3.74. The van der Waals surface area contributed by atoms with E-state index in [2.05, 4.69) is 9.97 Å². The Labute approximate surface area is 119 Å². The zero-order valence-electron chi connectivity index (χ0n) is 10.2. The molecule has 1 aromatic carbocycles. The van der Waals surface area contributed by atoms with Crippen molar-refractivity contribution in [1.82, 2.24) is 9.97 Å². The molecule has 1 aliphatic rings. The Morgan fingerprint density at radius 2 is 1.90 bits per heavy atom. The molecule has 8 heteroatoms. The number of anilines is 1.